The molecule has 2 aliphatic heterocycles. The highest BCUT2D eigenvalue weighted by molar-refractivity contribution is 7.90. The van der Waals surface area contributed by atoms with E-state index in [-0.39, 0.29) is 29.8 Å². The van der Waals surface area contributed by atoms with Crippen LogP contribution in [0.4, 0.5) is 8.78 Å². The van der Waals surface area contributed by atoms with E-state index in [1.165, 1.54) is 16.8 Å². The first-order valence-corrected chi connectivity index (χ1v) is 12.8. The second-order valence-electron chi connectivity index (χ2n) is 8.74. The van der Waals surface area contributed by atoms with Crippen molar-refractivity contribution in [3.63, 3.8) is 0 Å². The van der Waals surface area contributed by atoms with Crippen LogP contribution in [0.3, 0.4) is 0 Å². The highest BCUT2D eigenvalue weighted by Gasteiger charge is 2.40. The van der Waals surface area contributed by atoms with E-state index >= 15 is 0 Å². The van der Waals surface area contributed by atoms with Crippen molar-refractivity contribution >= 4 is 21.4 Å². The zero-order valence-corrected chi connectivity index (χ0v) is 19.1. The molecule has 2 N–H and O–H groups in total. The van der Waals surface area contributed by atoms with Crippen LogP contribution in [0.2, 0.25) is 0 Å². The van der Waals surface area contributed by atoms with Crippen molar-refractivity contribution in [3.05, 3.63) is 71.6 Å². The van der Waals surface area contributed by atoms with Crippen molar-refractivity contribution in [1.29, 1.82) is 0 Å². The summed E-state index contributed by atoms with van der Waals surface area (Å²) in [5.41, 5.74) is 0.969. The van der Waals surface area contributed by atoms with Gasteiger partial charge in [-0.25, -0.2) is 26.4 Å². The average Bonchev–Trinajstić information content (AvgIpc) is 3.48. The molecule has 1 aromatic carbocycles. The molecule has 11 heteroatoms. The maximum atomic E-state index is 14.5. The molecule has 3 atom stereocenters. The number of piperidine rings is 1. The molecular formula is C23H25F2N5O3S. The first kappa shape index (κ1) is 22.9. The van der Waals surface area contributed by atoms with Gasteiger partial charge in [-0.3, -0.25) is 9.69 Å². The number of nitrogens with zero attached hydrogens (tertiary/aromatic N) is 3. The highest BCUT2D eigenvalue weighted by atomic mass is 32.2. The Hall–Kier alpha value is -2.89. The number of carbonyl (C=O) groups is 1. The summed E-state index contributed by atoms with van der Waals surface area (Å²) in [4.78, 5) is 14.8. The fourth-order valence-electron chi connectivity index (χ4n) is 5.04. The molecule has 8 nitrogen and oxygen atoms in total. The zero-order valence-electron chi connectivity index (χ0n) is 18.3. The smallest absolute Gasteiger partial charge is 0.268 e. The Kier molecular flexibility index (Phi) is 6.09. The summed E-state index contributed by atoms with van der Waals surface area (Å²) in [7, 11) is -3.97. The lowest BCUT2D eigenvalue weighted by atomic mass is 10.0. The van der Waals surface area contributed by atoms with Crippen LogP contribution in [-0.4, -0.2) is 53.3 Å². The maximum absolute atomic E-state index is 14.5. The van der Waals surface area contributed by atoms with Crippen LogP contribution < -0.4 is 10.0 Å². The Balaban J connectivity index is 1.32. The van der Waals surface area contributed by atoms with Crippen molar-refractivity contribution in [3.8, 4) is 0 Å². The Morgan fingerprint density at radius 3 is 2.88 bits per heavy atom. The predicted octanol–water partition coefficient (Wildman–Crippen LogP) is 2.59. The largest absolute Gasteiger partial charge is 0.302 e. The van der Waals surface area contributed by atoms with Crippen LogP contribution in [0.5, 0.6) is 0 Å². The van der Waals surface area contributed by atoms with Gasteiger partial charge in [0.2, 0.25) is 10.0 Å². The minimum absolute atomic E-state index is 0.177. The number of carbonyl (C=O) groups excluding carboxylic acids is 1. The van der Waals surface area contributed by atoms with Gasteiger partial charge in [0.05, 0.1) is 28.7 Å². The van der Waals surface area contributed by atoms with Gasteiger partial charge in [0.25, 0.3) is 5.91 Å². The molecule has 180 valence electrons. The minimum Gasteiger partial charge on any atom is -0.302 e. The highest BCUT2D eigenvalue weighted by Crippen LogP contribution is 2.36. The lowest BCUT2D eigenvalue weighted by molar-refractivity contribution is 0.0980. The van der Waals surface area contributed by atoms with Crippen molar-refractivity contribution in [1.82, 2.24) is 24.6 Å². The fraction of sp³-hybridized carbons (Fsp3) is 0.391. The molecule has 0 saturated carbocycles. The van der Waals surface area contributed by atoms with Crippen molar-refractivity contribution in [2.75, 3.05) is 13.1 Å². The minimum atomic E-state index is -3.97. The van der Waals surface area contributed by atoms with Crippen molar-refractivity contribution in [2.45, 2.75) is 43.1 Å². The van der Waals surface area contributed by atoms with Crippen LogP contribution in [0.15, 0.2) is 48.8 Å². The average molecular weight is 490 g/mol. The summed E-state index contributed by atoms with van der Waals surface area (Å²) >= 11 is 0. The summed E-state index contributed by atoms with van der Waals surface area (Å²) < 4.78 is 58.2. The first-order valence-electron chi connectivity index (χ1n) is 11.3. The molecule has 0 spiro atoms. The Morgan fingerprint density at radius 2 is 2.03 bits per heavy atom. The lowest BCUT2D eigenvalue weighted by Gasteiger charge is -2.39. The Labute approximate surface area is 196 Å². The number of likely N-dealkylation sites (tertiary alicyclic amines) is 1. The molecule has 5 rings (SSSR count). The molecular weight excluding hydrogens is 464 g/mol. The van der Waals surface area contributed by atoms with Gasteiger partial charge in [0.1, 0.15) is 11.6 Å². The van der Waals surface area contributed by atoms with Gasteiger partial charge in [-0.1, -0.05) is 6.07 Å². The summed E-state index contributed by atoms with van der Waals surface area (Å²) in [6.45, 7) is 1.07. The quantitative estimate of drug-likeness (QED) is 0.572. The molecule has 0 aliphatic carbocycles. The molecule has 3 aromatic rings. The molecule has 2 aliphatic rings. The van der Waals surface area contributed by atoms with Gasteiger partial charge in [0.15, 0.2) is 0 Å². The van der Waals surface area contributed by atoms with Gasteiger partial charge in [0, 0.05) is 24.3 Å². The van der Waals surface area contributed by atoms with E-state index in [0.717, 1.165) is 18.6 Å². The van der Waals surface area contributed by atoms with Crippen LogP contribution in [0, 0.1) is 11.6 Å². The van der Waals surface area contributed by atoms with E-state index < -0.39 is 32.8 Å². The van der Waals surface area contributed by atoms with Crippen LogP contribution in [0.1, 0.15) is 47.6 Å². The number of aromatic nitrogens is 2. The number of halogens is 2. The number of hydrogen-bond acceptors (Lipinski definition) is 6. The third kappa shape index (κ3) is 4.30. The normalized spacial score (nSPS) is 23.9. The number of pyridine rings is 1. The Bertz CT molecular complexity index is 1330. The molecule has 0 unspecified atom stereocenters. The molecule has 4 heterocycles. The monoisotopic (exact) mass is 489 g/mol. The van der Waals surface area contributed by atoms with E-state index in [1.807, 2.05) is 4.90 Å². The van der Waals surface area contributed by atoms with E-state index in [4.69, 9.17) is 0 Å². The third-order valence-corrected chi connectivity index (χ3v) is 8.46. The van der Waals surface area contributed by atoms with Gasteiger partial charge < -0.3 is 5.32 Å². The summed E-state index contributed by atoms with van der Waals surface area (Å²) in [6.07, 6.45) is 4.69. The molecule has 0 bridgehead atoms. The van der Waals surface area contributed by atoms with Crippen molar-refractivity contribution in [2.24, 2.45) is 0 Å². The van der Waals surface area contributed by atoms with Gasteiger partial charge in [-0.15, -0.1) is 0 Å². The van der Waals surface area contributed by atoms with E-state index in [9.17, 15) is 22.0 Å². The summed E-state index contributed by atoms with van der Waals surface area (Å²) in [6, 6.07) is 8.27. The lowest BCUT2D eigenvalue weighted by Crippen LogP contribution is -2.54. The second-order valence-corrected chi connectivity index (χ2v) is 10.7. The summed E-state index contributed by atoms with van der Waals surface area (Å²) in [5, 5.41) is 6.60. The van der Waals surface area contributed by atoms with Gasteiger partial charge in [-0.2, -0.15) is 5.10 Å². The standard InChI is InChI=1S/C23H25F2N5O3S/c24-15-6-7-19(25)17(12-15)20-5-3-10-29(20)22-13-16(8-9-26-22)34(32,33)28-23(31)18-14-27-30-11-2-1-4-21(18)30/h1-2,4,6-7,11-12,14,16,20,22,26H,3,5,8-10,13H2,(H,28,31)/t16-,20-,22-/m1/s1. The van der Waals surface area contributed by atoms with E-state index in [1.54, 1.807) is 24.4 Å². The summed E-state index contributed by atoms with van der Waals surface area (Å²) in [5.74, 6) is -1.70. The van der Waals surface area contributed by atoms with Crippen molar-refractivity contribution < 1.29 is 22.0 Å². The number of amides is 1. The Morgan fingerprint density at radius 1 is 1.18 bits per heavy atom. The molecule has 2 aromatic heterocycles. The molecule has 2 fully saturated rings. The molecule has 1 amide bonds. The number of benzene rings is 1. The maximum Gasteiger partial charge on any atom is 0.268 e. The number of sulfonamides is 1. The van der Waals surface area contributed by atoms with Crippen LogP contribution in [0.25, 0.3) is 5.52 Å². The van der Waals surface area contributed by atoms with E-state index in [2.05, 4.69) is 15.1 Å². The van der Waals surface area contributed by atoms with Crippen LogP contribution >= 0.6 is 0 Å². The molecule has 34 heavy (non-hydrogen) atoms. The third-order valence-electron chi connectivity index (χ3n) is 6.69. The van der Waals surface area contributed by atoms with E-state index in [0.29, 0.717) is 31.4 Å². The second kappa shape index (κ2) is 9.05. The number of hydrogen-bond donors (Lipinski definition) is 2. The topological polar surface area (TPSA) is 95.8 Å². The first-order chi connectivity index (χ1) is 16.3. The molecule has 2 saturated heterocycles. The fourth-order valence-corrected chi connectivity index (χ4v) is 6.44. The molecule has 0 radical (unpaired) electrons. The van der Waals surface area contributed by atoms with Gasteiger partial charge >= 0.3 is 0 Å². The number of nitrogens with one attached hydrogen (secondary N) is 2. The zero-order chi connectivity index (χ0) is 23.9. The van der Waals surface area contributed by atoms with Gasteiger partial charge in [-0.05, 0) is 62.6 Å². The number of rotatable bonds is 5. The number of fused-ring (bicyclic) bond motifs is 1. The predicted molar refractivity (Wildman–Crippen MR) is 121 cm³/mol. The van der Waals surface area contributed by atoms with Crippen LogP contribution in [-0.2, 0) is 10.0 Å². The SMILES string of the molecule is O=C(NS(=O)(=O)[C@@H]1CCN[C@H](N2CCC[C@@H]2c2cc(F)ccc2F)C1)c1cnn2ccccc12.